The summed E-state index contributed by atoms with van der Waals surface area (Å²) in [6.45, 7) is 4.21. The van der Waals surface area contributed by atoms with Crippen molar-refractivity contribution >= 4 is 5.91 Å². The van der Waals surface area contributed by atoms with E-state index in [-0.39, 0.29) is 5.91 Å². The third kappa shape index (κ3) is 5.18. The highest BCUT2D eigenvalue weighted by atomic mass is 16.1. The van der Waals surface area contributed by atoms with E-state index in [1.54, 1.807) is 6.92 Å². The van der Waals surface area contributed by atoms with Gasteiger partial charge in [0, 0.05) is 37.6 Å². The van der Waals surface area contributed by atoms with Gasteiger partial charge in [-0.25, -0.2) is 0 Å². The van der Waals surface area contributed by atoms with Gasteiger partial charge in [-0.05, 0) is 57.9 Å². The Morgan fingerprint density at radius 2 is 1.52 bits per heavy atom. The number of carbonyl (C=O) groups excluding carboxylic acids is 1. The zero-order valence-electron chi connectivity index (χ0n) is 14.9. The van der Waals surface area contributed by atoms with E-state index in [0.717, 1.165) is 18.9 Å². The minimum atomic E-state index is 0.122. The smallest absolute Gasteiger partial charge is 0.217 e. The lowest BCUT2D eigenvalue weighted by atomic mass is 9.89. The largest absolute Gasteiger partial charge is 0.354 e. The molecule has 0 spiro atoms. The van der Waals surface area contributed by atoms with E-state index in [9.17, 15) is 4.79 Å². The summed E-state index contributed by atoms with van der Waals surface area (Å²) in [5.74, 6) is 0.122. The normalized spacial score (nSPS) is 34.2. The topological polar surface area (TPSA) is 44.4 Å². The number of nitrogens with zero attached hydrogens (tertiary/aromatic N) is 1. The van der Waals surface area contributed by atoms with Crippen molar-refractivity contribution in [1.29, 1.82) is 0 Å². The van der Waals surface area contributed by atoms with Crippen molar-refractivity contribution in [2.24, 2.45) is 0 Å². The zero-order valence-corrected chi connectivity index (χ0v) is 14.9. The highest BCUT2D eigenvalue weighted by Crippen LogP contribution is 2.26. The average molecular weight is 322 g/mol. The molecular weight excluding hydrogens is 286 g/mol. The minimum absolute atomic E-state index is 0.122. The molecule has 132 valence electrons. The Morgan fingerprint density at radius 3 is 2.22 bits per heavy atom. The Labute approximate surface area is 141 Å². The van der Waals surface area contributed by atoms with Gasteiger partial charge in [0.15, 0.2) is 0 Å². The summed E-state index contributed by atoms with van der Waals surface area (Å²) in [5, 5.41) is 7.03. The van der Waals surface area contributed by atoms with E-state index >= 15 is 0 Å². The lowest BCUT2D eigenvalue weighted by Gasteiger charge is -2.42. The molecule has 2 N–H and O–H groups in total. The van der Waals surface area contributed by atoms with Gasteiger partial charge in [0.1, 0.15) is 0 Å². The first-order valence-corrected chi connectivity index (χ1v) is 9.98. The lowest BCUT2D eigenvalue weighted by Crippen LogP contribution is -2.53. The van der Waals surface area contributed by atoms with Crippen molar-refractivity contribution in [1.82, 2.24) is 15.5 Å². The summed E-state index contributed by atoms with van der Waals surface area (Å²) in [6.07, 6.45) is 14.6. The Bertz CT molecular complexity index is 373. The first kappa shape index (κ1) is 17.2. The van der Waals surface area contributed by atoms with E-state index in [1.807, 2.05) is 0 Å². The van der Waals surface area contributed by atoms with Crippen molar-refractivity contribution in [2.75, 3.05) is 13.1 Å². The van der Waals surface area contributed by atoms with Gasteiger partial charge in [0.2, 0.25) is 5.91 Å². The van der Waals surface area contributed by atoms with E-state index in [1.165, 1.54) is 70.9 Å². The summed E-state index contributed by atoms with van der Waals surface area (Å²) in [6, 6.07) is 2.63. The van der Waals surface area contributed by atoms with Crippen LogP contribution in [0.25, 0.3) is 0 Å². The van der Waals surface area contributed by atoms with Gasteiger partial charge in [-0.3, -0.25) is 9.69 Å². The highest BCUT2D eigenvalue weighted by molar-refractivity contribution is 5.73. The quantitative estimate of drug-likeness (QED) is 0.837. The molecule has 1 atom stereocenters. The van der Waals surface area contributed by atoms with Gasteiger partial charge >= 0.3 is 0 Å². The summed E-state index contributed by atoms with van der Waals surface area (Å²) in [5.41, 5.74) is 0. The van der Waals surface area contributed by atoms with Crippen LogP contribution in [0.1, 0.15) is 77.6 Å². The SMILES string of the molecule is CC(=O)NC1CCC(NC2CCCN(C3CCCCC3)C2)CC1. The molecule has 1 heterocycles. The molecule has 4 nitrogen and oxygen atoms in total. The van der Waals surface area contributed by atoms with Crippen LogP contribution in [0.2, 0.25) is 0 Å². The van der Waals surface area contributed by atoms with Crippen LogP contribution in [0.4, 0.5) is 0 Å². The van der Waals surface area contributed by atoms with Gasteiger partial charge < -0.3 is 10.6 Å². The third-order valence-electron chi connectivity index (χ3n) is 6.15. The van der Waals surface area contributed by atoms with Crippen molar-refractivity contribution in [2.45, 2.75) is 102 Å². The fourth-order valence-electron chi connectivity index (χ4n) is 4.95. The standard InChI is InChI=1S/C19H35N3O/c1-15(23)20-16-9-11-17(12-10-16)21-18-6-5-13-22(14-18)19-7-3-2-4-8-19/h16-19,21H,2-14H2,1H3,(H,20,23). The van der Waals surface area contributed by atoms with Gasteiger partial charge in [-0.1, -0.05) is 19.3 Å². The van der Waals surface area contributed by atoms with Crippen LogP contribution >= 0.6 is 0 Å². The second-order valence-corrected chi connectivity index (χ2v) is 8.04. The molecule has 0 radical (unpaired) electrons. The predicted octanol–water partition coefficient (Wildman–Crippen LogP) is 2.82. The van der Waals surface area contributed by atoms with Gasteiger partial charge in [0.05, 0.1) is 0 Å². The Balaban J connectivity index is 1.40. The highest BCUT2D eigenvalue weighted by Gasteiger charge is 2.29. The maximum atomic E-state index is 11.2. The monoisotopic (exact) mass is 321 g/mol. The first-order chi connectivity index (χ1) is 11.2. The molecule has 0 aromatic carbocycles. The van der Waals surface area contributed by atoms with Crippen molar-refractivity contribution in [3.8, 4) is 0 Å². The maximum Gasteiger partial charge on any atom is 0.217 e. The molecule has 3 fully saturated rings. The van der Waals surface area contributed by atoms with Crippen LogP contribution in [-0.4, -0.2) is 48.1 Å². The second kappa shape index (κ2) is 8.48. The molecule has 1 aliphatic heterocycles. The predicted molar refractivity (Wildman–Crippen MR) is 94.5 cm³/mol. The number of nitrogens with one attached hydrogen (secondary N) is 2. The molecule has 1 unspecified atom stereocenters. The Kier molecular flexibility index (Phi) is 6.35. The zero-order chi connectivity index (χ0) is 16.1. The lowest BCUT2D eigenvalue weighted by molar-refractivity contribution is -0.119. The summed E-state index contributed by atoms with van der Waals surface area (Å²) in [4.78, 5) is 13.9. The van der Waals surface area contributed by atoms with E-state index in [4.69, 9.17) is 0 Å². The second-order valence-electron chi connectivity index (χ2n) is 8.04. The molecular formula is C19H35N3O. The van der Waals surface area contributed by atoms with Gasteiger partial charge in [-0.2, -0.15) is 0 Å². The molecule has 0 aromatic rings. The molecule has 23 heavy (non-hydrogen) atoms. The number of piperidine rings is 1. The van der Waals surface area contributed by atoms with E-state index in [2.05, 4.69) is 15.5 Å². The first-order valence-electron chi connectivity index (χ1n) is 9.98. The number of amides is 1. The Morgan fingerprint density at radius 1 is 0.826 bits per heavy atom. The molecule has 3 rings (SSSR count). The molecule has 3 aliphatic rings. The number of hydrogen-bond acceptors (Lipinski definition) is 3. The Hall–Kier alpha value is -0.610. The van der Waals surface area contributed by atoms with Crippen LogP contribution in [0.5, 0.6) is 0 Å². The summed E-state index contributed by atoms with van der Waals surface area (Å²) < 4.78 is 0. The summed E-state index contributed by atoms with van der Waals surface area (Å²) >= 11 is 0. The molecule has 2 saturated carbocycles. The van der Waals surface area contributed by atoms with E-state index in [0.29, 0.717) is 18.1 Å². The van der Waals surface area contributed by atoms with Crippen LogP contribution < -0.4 is 10.6 Å². The third-order valence-corrected chi connectivity index (χ3v) is 6.15. The van der Waals surface area contributed by atoms with Crippen molar-refractivity contribution in [3.63, 3.8) is 0 Å². The molecule has 2 aliphatic carbocycles. The number of likely N-dealkylation sites (tertiary alicyclic amines) is 1. The van der Waals surface area contributed by atoms with E-state index < -0.39 is 0 Å². The maximum absolute atomic E-state index is 11.2. The summed E-state index contributed by atoms with van der Waals surface area (Å²) in [7, 11) is 0. The van der Waals surface area contributed by atoms with Crippen LogP contribution in [0.15, 0.2) is 0 Å². The van der Waals surface area contributed by atoms with Gasteiger partial charge in [-0.15, -0.1) is 0 Å². The fraction of sp³-hybridized carbons (Fsp3) is 0.947. The molecule has 0 bridgehead atoms. The van der Waals surface area contributed by atoms with Crippen molar-refractivity contribution < 1.29 is 4.79 Å². The number of rotatable bonds is 4. The van der Waals surface area contributed by atoms with Crippen LogP contribution in [-0.2, 0) is 4.79 Å². The molecule has 0 aromatic heterocycles. The van der Waals surface area contributed by atoms with Crippen molar-refractivity contribution in [3.05, 3.63) is 0 Å². The molecule has 1 amide bonds. The minimum Gasteiger partial charge on any atom is -0.354 e. The average Bonchev–Trinajstić information content (AvgIpc) is 2.57. The number of carbonyl (C=O) groups is 1. The van der Waals surface area contributed by atoms with Gasteiger partial charge in [0.25, 0.3) is 0 Å². The van der Waals surface area contributed by atoms with Crippen LogP contribution in [0, 0.1) is 0 Å². The number of hydrogen-bond donors (Lipinski definition) is 2. The molecule has 1 saturated heterocycles. The molecule has 4 heteroatoms. The van der Waals surface area contributed by atoms with Crippen LogP contribution in [0.3, 0.4) is 0 Å². The fourth-order valence-corrected chi connectivity index (χ4v) is 4.95.